The van der Waals surface area contributed by atoms with Crippen molar-refractivity contribution in [3.05, 3.63) is 75.9 Å². The van der Waals surface area contributed by atoms with Crippen molar-refractivity contribution in [2.75, 3.05) is 37.7 Å². The van der Waals surface area contributed by atoms with Gasteiger partial charge in [0.15, 0.2) is 0 Å². The summed E-state index contributed by atoms with van der Waals surface area (Å²) in [5.74, 6) is 0.163. The SMILES string of the molecule is CC(C)S(=O)(=O)N1CCN(c2cnn(-c3cccc(Cl)c3)c(=O)c2OCCc2ccccn2)CC1. The lowest BCUT2D eigenvalue weighted by Gasteiger charge is -2.36. The summed E-state index contributed by atoms with van der Waals surface area (Å²) in [4.78, 5) is 19.7. The van der Waals surface area contributed by atoms with E-state index >= 15 is 0 Å². The normalized spacial score (nSPS) is 14.9. The molecular formula is C24H28ClN5O4S. The van der Waals surface area contributed by atoms with Gasteiger partial charge in [-0.25, -0.2) is 8.42 Å². The molecule has 0 atom stereocenters. The van der Waals surface area contributed by atoms with Gasteiger partial charge in [0.2, 0.25) is 15.8 Å². The maximum Gasteiger partial charge on any atom is 0.316 e. The van der Waals surface area contributed by atoms with E-state index in [-0.39, 0.29) is 12.4 Å². The van der Waals surface area contributed by atoms with Crippen molar-refractivity contribution in [2.45, 2.75) is 25.5 Å². The Balaban J connectivity index is 1.62. The van der Waals surface area contributed by atoms with Gasteiger partial charge in [0.05, 0.1) is 23.7 Å². The molecule has 4 rings (SSSR count). The molecule has 0 aliphatic carbocycles. The van der Waals surface area contributed by atoms with Crippen molar-refractivity contribution in [2.24, 2.45) is 0 Å². The molecule has 1 fully saturated rings. The standard InChI is InChI=1S/C24H28ClN5O4S/c1-18(2)35(32,33)29-13-11-28(12-14-29)22-17-27-30(21-8-5-6-19(25)16-21)24(31)23(22)34-15-9-20-7-3-4-10-26-20/h3-8,10,16-18H,9,11-15H2,1-2H3. The molecular weight excluding hydrogens is 490 g/mol. The molecule has 1 aromatic carbocycles. The summed E-state index contributed by atoms with van der Waals surface area (Å²) in [6, 6.07) is 12.5. The first-order valence-electron chi connectivity index (χ1n) is 11.4. The first-order valence-corrected chi connectivity index (χ1v) is 13.3. The molecule has 186 valence electrons. The number of aromatic nitrogens is 3. The monoisotopic (exact) mass is 517 g/mol. The molecule has 0 unspecified atom stereocenters. The minimum Gasteiger partial charge on any atom is -0.486 e. The Kier molecular flexibility index (Phi) is 7.73. The van der Waals surface area contributed by atoms with Crippen LogP contribution in [0.5, 0.6) is 5.75 Å². The second kappa shape index (κ2) is 10.8. The minimum atomic E-state index is -3.34. The molecule has 0 saturated carbocycles. The van der Waals surface area contributed by atoms with Crippen molar-refractivity contribution in [1.29, 1.82) is 0 Å². The number of ether oxygens (including phenoxy) is 1. The molecule has 0 spiro atoms. The molecule has 11 heteroatoms. The molecule has 0 N–H and O–H groups in total. The van der Waals surface area contributed by atoms with Crippen LogP contribution in [0, 0.1) is 0 Å². The molecule has 3 heterocycles. The van der Waals surface area contributed by atoms with Crippen LogP contribution in [0.4, 0.5) is 5.69 Å². The maximum atomic E-state index is 13.5. The Morgan fingerprint density at radius 3 is 2.51 bits per heavy atom. The van der Waals surface area contributed by atoms with Crippen LogP contribution in [-0.4, -0.2) is 65.5 Å². The second-order valence-electron chi connectivity index (χ2n) is 8.46. The molecule has 0 amide bonds. The zero-order valence-electron chi connectivity index (χ0n) is 19.7. The van der Waals surface area contributed by atoms with E-state index in [1.165, 1.54) is 8.99 Å². The van der Waals surface area contributed by atoms with Gasteiger partial charge < -0.3 is 9.64 Å². The van der Waals surface area contributed by atoms with Crippen molar-refractivity contribution in [3.63, 3.8) is 0 Å². The van der Waals surface area contributed by atoms with E-state index in [2.05, 4.69) is 10.1 Å². The summed E-state index contributed by atoms with van der Waals surface area (Å²) in [7, 11) is -3.34. The summed E-state index contributed by atoms with van der Waals surface area (Å²) < 4.78 is 33.9. The van der Waals surface area contributed by atoms with E-state index in [1.807, 2.05) is 23.1 Å². The summed E-state index contributed by atoms with van der Waals surface area (Å²) in [5, 5.41) is 4.37. The molecule has 1 saturated heterocycles. The minimum absolute atomic E-state index is 0.163. The van der Waals surface area contributed by atoms with Gasteiger partial charge >= 0.3 is 5.56 Å². The highest BCUT2D eigenvalue weighted by Crippen LogP contribution is 2.27. The molecule has 2 aromatic heterocycles. The van der Waals surface area contributed by atoms with E-state index in [4.69, 9.17) is 16.3 Å². The molecule has 3 aromatic rings. The summed E-state index contributed by atoms with van der Waals surface area (Å²) in [6.07, 6.45) is 3.83. The number of sulfonamides is 1. The van der Waals surface area contributed by atoms with Crippen LogP contribution in [-0.2, 0) is 16.4 Å². The van der Waals surface area contributed by atoms with E-state index in [9.17, 15) is 13.2 Å². The average Bonchev–Trinajstić information content (AvgIpc) is 2.85. The van der Waals surface area contributed by atoms with Gasteiger partial charge in [-0.15, -0.1) is 0 Å². The molecule has 1 aliphatic rings. The van der Waals surface area contributed by atoms with E-state index in [0.29, 0.717) is 49.0 Å². The Bertz CT molecular complexity index is 1320. The first-order chi connectivity index (χ1) is 16.8. The molecule has 0 bridgehead atoms. The van der Waals surface area contributed by atoms with Crippen LogP contribution < -0.4 is 15.2 Å². The smallest absolute Gasteiger partial charge is 0.316 e. The van der Waals surface area contributed by atoms with Gasteiger partial charge in [0.1, 0.15) is 5.69 Å². The number of benzene rings is 1. The largest absolute Gasteiger partial charge is 0.486 e. The lowest BCUT2D eigenvalue weighted by Crippen LogP contribution is -2.50. The average molecular weight is 518 g/mol. The highest BCUT2D eigenvalue weighted by Gasteiger charge is 2.31. The van der Waals surface area contributed by atoms with Crippen molar-refractivity contribution in [3.8, 4) is 11.4 Å². The summed E-state index contributed by atoms with van der Waals surface area (Å²) in [5.41, 5.74) is 1.50. The van der Waals surface area contributed by atoms with Gasteiger partial charge in [-0.3, -0.25) is 9.78 Å². The van der Waals surface area contributed by atoms with Crippen LogP contribution >= 0.6 is 11.6 Å². The van der Waals surface area contributed by atoms with Crippen molar-refractivity contribution >= 4 is 27.3 Å². The van der Waals surface area contributed by atoms with Crippen LogP contribution in [0.3, 0.4) is 0 Å². The third-order valence-corrected chi connectivity index (χ3v) is 8.34. The summed E-state index contributed by atoms with van der Waals surface area (Å²) >= 11 is 6.12. The zero-order chi connectivity index (χ0) is 25.0. The second-order valence-corrected chi connectivity index (χ2v) is 11.4. The van der Waals surface area contributed by atoms with Crippen LogP contribution in [0.15, 0.2) is 59.7 Å². The predicted octanol–water partition coefficient (Wildman–Crippen LogP) is 2.76. The van der Waals surface area contributed by atoms with Gasteiger partial charge in [0.25, 0.3) is 0 Å². The third kappa shape index (κ3) is 5.66. The van der Waals surface area contributed by atoms with Gasteiger partial charge in [0, 0.05) is 49.5 Å². The molecule has 1 aliphatic heterocycles. The van der Waals surface area contributed by atoms with Crippen LogP contribution in [0.1, 0.15) is 19.5 Å². The topological polar surface area (TPSA) is 97.6 Å². The Hall–Kier alpha value is -2.95. The van der Waals surface area contributed by atoms with Gasteiger partial charge in [-0.1, -0.05) is 23.7 Å². The number of pyridine rings is 1. The number of anilines is 1. The van der Waals surface area contributed by atoms with Crippen LogP contribution in [0.2, 0.25) is 5.02 Å². The number of rotatable bonds is 8. The zero-order valence-corrected chi connectivity index (χ0v) is 21.2. The lowest BCUT2D eigenvalue weighted by molar-refractivity contribution is 0.311. The quantitative estimate of drug-likeness (QED) is 0.453. The highest BCUT2D eigenvalue weighted by molar-refractivity contribution is 7.89. The first kappa shape index (κ1) is 25.2. The Labute approximate surface area is 210 Å². The molecule has 9 nitrogen and oxygen atoms in total. The van der Waals surface area contributed by atoms with E-state index < -0.39 is 20.8 Å². The summed E-state index contributed by atoms with van der Waals surface area (Å²) in [6.45, 7) is 5.09. The van der Waals surface area contributed by atoms with E-state index in [0.717, 1.165) is 5.69 Å². The maximum absolute atomic E-state index is 13.5. The van der Waals surface area contributed by atoms with Crippen molar-refractivity contribution < 1.29 is 13.2 Å². The highest BCUT2D eigenvalue weighted by atomic mass is 35.5. The number of halogens is 1. The third-order valence-electron chi connectivity index (χ3n) is 5.83. The number of hydrogen-bond donors (Lipinski definition) is 0. The number of piperazine rings is 1. The predicted molar refractivity (Wildman–Crippen MR) is 136 cm³/mol. The van der Waals surface area contributed by atoms with E-state index in [1.54, 1.807) is 50.5 Å². The van der Waals surface area contributed by atoms with Gasteiger partial charge in [-0.05, 0) is 44.2 Å². The fourth-order valence-corrected chi connectivity index (χ4v) is 5.32. The Morgan fingerprint density at radius 2 is 1.86 bits per heavy atom. The number of nitrogens with zero attached hydrogens (tertiary/aromatic N) is 5. The van der Waals surface area contributed by atoms with Gasteiger partial charge in [-0.2, -0.15) is 14.1 Å². The fourth-order valence-electron chi connectivity index (χ4n) is 3.87. The molecule has 35 heavy (non-hydrogen) atoms. The number of hydrogen-bond acceptors (Lipinski definition) is 7. The van der Waals surface area contributed by atoms with Crippen molar-refractivity contribution in [1.82, 2.24) is 19.1 Å². The Morgan fingerprint density at radius 1 is 1.09 bits per heavy atom. The molecule has 0 radical (unpaired) electrons. The fraction of sp³-hybridized carbons (Fsp3) is 0.375. The lowest BCUT2D eigenvalue weighted by atomic mass is 10.2. The van der Waals surface area contributed by atoms with Crippen LogP contribution in [0.25, 0.3) is 5.69 Å².